The molecule has 9 heteroatoms. The van der Waals surface area contributed by atoms with Crippen molar-refractivity contribution in [3.8, 4) is 0 Å². The molecule has 0 saturated heterocycles. The predicted octanol–water partition coefficient (Wildman–Crippen LogP) is -0.614. The molecule has 4 N–H and O–H groups in total. The minimum atomic E-state index is -4.15. The monoisotopic (exact) mass is 440 g/mol. The summed E-state index contributed by atoms with van der Waals surface area (Å²) in [5.41, 5.74) is 12.0. The third-order valence-corrected chi connectivity index (χ3v) is 8.28. The molecule has 0 aliphatic heterocycles. The van der Waals surface area contributed by atoms with Crippen molar-refractivity contribution in [2.45, 2.75) is 32.7 Å². The third-order valence-electron chi connectivity index (χ3n) is 4.36. The molecule has 0 unspecified atom stereocenters. The molecule has 0 heterocycles. The molecule has 0 atom stereocenters. The van der Waals surface area contributed by atoms with Gasteiger partial charge in [-0.05, 0) is 35.4 Å². The molecule has 148 valence electrons. The van der Waals surface area contributed by atoms with Crippen LogP contribution >= 0.6 is 0 Å². The first-order chi connectivity index (χ1) is 13.3. The van der Waals surface area contributed by atoms with Gasteiger partial charge in [-0.3, -0.25) is 0 Å². The van der Waals surface area contributed by atoms with Crippen LogP contribution in [0.3, 0.4) is 0 Å². The molecule has 29 heavy (non-hydrogen) atoms. The predicted molar refractivity (Wildman–Crippen MR) is 107 cm³/mol. The zero-order valence-electron chi connectivity index (χ0n) is 16.9. The first-order valence-corrected chi connectivity index (χ1v) is 11.5. The summed E-state index contributed by atoms with van der Waals surface area (Å²) in [6, 6.07) is 18.4. The molecule has 3 aromatic rings. The summed E-state index contributed by atoms with van der Waals surface area (Å²) >= 11 is 0. The van der Waals surface area contributed by atoms with Gasteiger partial charge < -0.3 is 12.9 Å². The Morgan fingerprint density at radius 1 is 0.586 bits per heavy atom. The number of rotatable bonds is 6. The van der Waals surface area contributed by atoms with E-state index in [2.05, 4.69) is 0 Å². The van der Waals surface area contributed by atoms with E-state index >= 15 is 0 Å². The molecule has 0 radical (unpaired) electrons. The van der Waals surface area contributed by atoms with Gasteiger partial charge >= 0.3 is 29.6 Å². The number of sulfone groups is 2. The summed E-state index contributed by atoms with van der Waals surface area (Å²) < 4.78 is 53.7. The second kappa shape index (κ2) is 9.53. The summed E-state index contributed by atoms with van der Waals surface area (Å²) in [5.74, 6) is 0. The van der Waals surface area contributed by atoms with Crippen LogP contribution in [0.1, 0.15) is 12.6 Å². The molecule has 3 aromatic carbocycles. The summed E-state index contributed by atoms with van der Waals surface area (Å²) in [7, 11) is -8.30. The molecule has 6 nitrogen and oxygen atoms in total. The van der Waals surface area contributed by atoms with E-state index in [1.54, 1.807) is 36.4 Å². The Morgan fingerprint density at radius 3 is 1.17 bits per heavy atom. The maximum atomic E-state index is 13.4. The van der Waals surface area contributed by atoms with Crippen LogP contribution in [0.2, 0.25) is 0 Å². The quantitative estimate of drug-likeness (QED) is 0.493. The van der Waals surface area contributed by atoms with Gasteiger partial charge in [0.1, 0.15) is 0 Å². The van der Waals surface area contributed by atoms with Crippen LogP contribution in [0.4, 0.5) is 0 Å². The molecule has 0 aromatic heterocycles. The second-order valence-electron chi connectivity index (χ2n) is 6.08. The van der Waals surface area contributed by atoms with Crippen molar-refractivity contribution in [1.29, 1.82) is 0 Å². The van der Waals surface area contributed by atoms with E-state index in [9.17, 15) is 16.8 Å². The van der Waals surface area contributed by atoms with E-state index in [1.807, 2.05) is 0 Å². The average molecular weight is 441 g/mol. The van der Waals surface area contributed by atoms with Gasteiger partial charge in [0.05, 0.1) is 19.6 Å². The largest absolute Gasteiger partial charge is 1.00 e. The Balaban J connectivity index is 0.00000225. The zero-order valence-corrected chi connectivity index (χ0v) is 19.6. The van der Waals surface area contributed by atoms with Gasteiger partial charge in [0.2, 0.25) is 19.7 Å². The number of nitrogens with two attached hydrogens (primary N) is 2. The van der Waals surface area contributed by atoms with Gasteiger partial charge in [0.25, 0.3) is 0 Å². The first kappa shape index (κ1) is 23.8. The molecular weight excluding hydrogens is 419 g/mol. The van der Waals surface area contributed by atoms with Crippen molar-refractivity contribution in [3.05, 3.63) is 83.9 Å². The SMILES string of the molecule is NCc1ccc(CN)c(S(=O)(=O)c2ccccc2)c1S(=O)(=O)c1ccccc1.[H-].[Na+]. The Labute approximate surface area is 194 Å². The van der Waals surface area contributed by atoms with Crippen LogP contribution in [0.5, 0.6) is 0 Å². The Kier molecular flexibility index (Phi) is 7.80. The number of hydrogen-bond acceptors (Lipinski definition) is 6. The number of benzene rings is 3. The minimum Gasteiger partial charge on any atom is -1.00 e. The Hall–Kier alpha value is -1.52. The van der Waals surface area contributed by atoms with Crippen molar-refractivity contribution in [2.75, 3.05) is 0 Å². The Morgan fingerprint density at radius 2 is 0.897 bits per heavy atom. The summed E-state index contributed by atoms with van der Waals surface area (Å²) in [5, 5.41) is 0. The number of hydrogen-bond donors (Lipinski definition) is 2. The van der Waals surface area contributed by atoms with E-state index in [-0.39, 0.29) is 74.8 Å². The van der Waals surface area contributed by atoms with E-state index < -0.39 is 19.7 Å². The minimum absolute atomic E-state index is 0. The van der Waals surface area contributed by atoms with Gasteiger partial charge in [-0.15, -0.1) is 0 Å². The van der Waals surface area contributed by atoms with Gasteiger partial charge in [-0.2, -0.15) is 0 Å². The van der Waals surface area contributed by atoms with Gasteiger partial charge in [0.15, 0.2) is 0 Å². The van der Waals surface area contributed by atoms with Crippen LogP contribution in [-0.4, -0.2) is 16.8 Å². The molecule has 0 fully saturated rings. The van der Waals surface area contributed by atoms with Crippen LogP contribution in [0, 0.1) is 0 Å². The normalized spacial score (nSPS) is 11.7. The van der Waals surface area contributed by atoms with E-state index in [1.165, 1.54) is 36.4 Å². The molecule has 0 aliphatic rings. The van der Waals surface area contributed by atoms with Crippen LogP contribution in [-0.2, 0) is 32.8 Å². The van der Waals surface area contributed by atoms with Crippen LogP contribution < -0.4 is 41.0 Å². The van der Waals surface area contributed by atoms with Crippen molar-refractivity contribution in [3.63, 3.8) is 0 Å². The maximum absolute atomic E-state index is 13.4. The molecule has 0 bridgehead atoms. The van der Waals surface area contributed by atoms with Crippen molar-refractivity contribution in [1.82, 2.24) is 0 Å². The van der Waals surface area contributed by atoms with Crippen molar-refractivity contribution >= 4 is 19.7 Å². The van der Waals surface area contributed by atoms with Crippen molar-refractivity contribution in [2.24, 2.45) is 11.5 Å². The average Bonchev–Trinajstić information content (AvgIpc) is 2.73. The van der Waals surface area contributed by atoms with E-state index in [0.29, 0.717) is 0 Å². The standard InChI is InChI=1S/C20H20N2O4S2.Na.H/c21-13-15-11-12-16(14-22)20(28(25,26)18-9-5-2-6-10-18)19(15)27(23,24)17-7-3-1-4-8-17;;/h1-12H,13-14,21-22H2;;/q;+1;-1. The molecule has 0 amide bonds. The molecule has 3 rings (SSSR count). The van der Waals surface area contributed by atoms with Crippen LogP contribution in [0.15, 0.2) is 92.4 Å². The smallest absolute Gasteiger partial charge is 1.00 e. The molecule has 0 saturated carbocycles. The van der Waals surface area contributed by atoms with E-state index in [4.69, 9.17) is 11.5 Å². The topological polar surface area (TPSA) is 120 Å². The summed E-state index contributed by atoms with van der Waals surface area (Å²) in [6.07, 6.45) is 0. The second-order valence-corrected chi connectivity index (χ2v) is 9.86. The van der Waals surface area contributed by atoms with Crippen LogP contribution in [0.25, 0.3) is 0 Å². The van der Waals surface area contributed by atoms with Gasteiger partial charge in [0, 0.05) is 13.1 Å². The first-order valence-electron chi connectivity index (χ1n) is 8.49. The summed E-state index contributed by atoms with van der Waals surface area (Å²) in [6.45, 7) is -0.271. The van der Waals surface area contributed by atoms with E-state index in [0.717, 1.165) is 0 Å². The fourth-order valence-electron chi connectivity index (χ4n) is 2.99. The fraction of sp³-hybridized carbons (Fsp3) is 0.100. The maximum Gasteiger partial charge on any atom is 1.00 e. The molecule has 0 aliphatic carbocycles. The zero-order chi connectivity index (χ0) is 20.4. The van der Waals surface area contributed by atoms with Crippen molar-refractivity contribution < 1.29 is 47.8 Å². The fourth-order valence-corrected chi connectivity index (χ4v) is 6.89. The van der Waals surface area contributed by atoms with Gasteiger partial charge in [-0.25, -0.2) is 16.8 Å². The summed E-state index contributed by atoms with van der Waals surface area (Å²) in [4.78, 5) is -0.646. The Bertz CT molecular complexity index is 1110. The van der Waals surface area contributed by atoms with Gasteiger partial charge in [-0.1, -0.05) is 48.5 Å². The molecular formula is C20H21N2NaO4S2. The third kappa shape index (κ3) is 4.49. The molecule has 0 spiro atoms.